The third-order valence-electron chi connectivity index (χ3n) is 3.07. The average molecular weight is 300 g/mol. The molecule has 0 aliphatic carbocycles. The van der Waals surface area contributed by atoms with Crippen molar-refractivity contribution in [2.75, 3.05) is 11.6 Å². The summed E-state index contributed by atoms with van der Waals surface area (Å²) in [5, 5.41) is 14.3. The first kappa shape index (κ1) is 16.4. The van der Waals surface area contributed by atoms with Gasteiger partial charge < -0.3 is 5.32 Å². The SMILES string of the molecule is CCCC(CC)Nc1cccc(S(C)(=O)=O)c1[N+](=O)[O-]. The fourth-order valence-electron chi connectivity index (χ4n) is 2.07. The lowest BCUT2D eigenvalue weighted by Crippen LogP contribution is -2.19. The van der Waals surface area contributed by atoms with Gasteiger partial charge in [-0.3, -0.25) is 10.1 Å². The molecule has 0 aliphatic heterocycles. The number of hydrogen-bond acceptors (Lipinski definition) is 5. The van der Waals surface area contributed by atoms with Crippen LogP contribution < -0.4 is 5.32 Å². The fourth-order valence-corrected chi connectivity index (χ4v) is 2.93. The fraction of sp³-hybridized carbons (Fsp3) is 0.538. The average Bonchev–Trinajstić information content (AvgIpc) is 2.36. The summed E-state index contributed by atoms with van der Waals surface area (Å²) in [7, 11) is -3.64. The third-order valence-corrected chi connectivity index (χ3v) is 4.20. The summed E-state index contributed by atoms with van der Waals surface area (Å²) in [6, 6.07) is 4.42. The van der Waals surface area contributed by atoms with Gasteiger partial charge in [0.05, 0.1) is 4.92 Å². The molecule has 7 heteroatoms. The van der Waals surface area contributed by atoms with Crippen molar-refractivity contribution in [2.45, 2.75) is 44.0 Å². The smallest absolute Gasteiger partial charge is 0.310 e. The van der Waals surface area contributed by atoms with Crippen LogP contribution in [0.5, 0.6) is 0 Å². The number of nitrogens with one attached hydrogen (secondary N) is 1. The highest BCUT2D eigenvalue weighted by Crippen LogP contribution is 2.32. The maximum Gasteiger partial charge on any atom is 0.310 e. The predicted octanol–water partition coefficient (Wildman–Crippen LogP) is 2.99. The standard InChI is InChI=1S/C13H20N2O4S/c1-4-7-10(5-2)14-11-8-6-9-12(20(3,18)19)13(11)15(16)17/h6,8-10,14H,4-5,7H2,1-3H3. The molecule has 1 atom stereocenters. The maximum atomic E-state index is 11.7. The van der Waals surface area contributed by atoms with Gasteiger partial charge in [-0.05, 0) is 25.0 Å². The van der Waals surface area contributed by atoms with Crippen LogP contribution in [-0.4, -0.2) is 25.6 Å². The van der Waals surface area contributed by atoms with Crippen LogP contribution in [0.4, 0.5) is 11.4 Å². The van der Waals surface area contributed by atoms with E-state index in [0.717, 1.165) is 25.5 Å². The molecule has 0 aromatic heterocycles. The Morgan fingerprint density at radius 3 is 2.45 bits per heavy atom. The van der Waals surface area contributed by atoms with Crippen LogP contribution in [0.15, 0.2) is 23.1 Å². The summed E-state index contributed by atoms with van der Waals surface area (Å²) in [4.78, 5) is 10.3. The van der Waals surface area contributed by atoms with E-state index >= 15 is 0 Å². The second-order valence-electron chi connectivity index (χ2n) is 4.72. The molecule has 1 unspecified atom stereocenters. The molecule has 1 aromatic rings. The van der Waals surface area contributed by atoms with Crippen LogP contribution in [-0.2, 0) is 9.84 Å². The summed E-state index contributed by atoms with van der Waals surface area (Å²) in [5.41, 5.74) is -0.109. The molecule has 0 saturated carbocycles. The van der Waals surface area contributed by atoms with Gasteiger partial charge >= 0.3 is 5.69 Å². The van der Waals surface area contributed by atoms with Crippen LogP contribution >= 0.6 is 0 Å². The quantitative estimate of drug-likeness (QED) is 0.617. The van der Waals surface area contributed by atoms with E-state index in [9.17, 15) is 18.5 Å². The van der Waals surface area contributed by atoms with Crippen LogP contribution in [0.2, 0.25) is 0 Å². The molecule has 6 nitrogen and oxygen atoms in total. The van der Waals surface area contributed by atoms with Gasteiger partial charge in [0.1, 0.15) is 10.6 Å². The number of nitro benzene ring substituents is 1. The van der Waals surface area contributed by atoms with Gasteiger partial charge in [-0.1, -0.05) is 26.3 Å². The molecular weight excluding hydrogens is 280 g/mol. The van der Waals surface area contributed by atoms with Gasteiger partial charge in [0.2, 0.25) is 0 Å². The van der Waals surface area contributed by atoms with Crippen LogP contribution in [0.25, 0.3) is 0 Å². The van der Waals surface area contributed by atoms with Gasteiger partial charge in [0, 0.05) is 12.3 Å². The summed E-state index contributed by atoms with van der Waals surface area (Å²) in [5.74, 6) is 0. The van der Waals surface area contributed by atoms with Gasteiger partial charge in [0.25, 0.3) is 0 Å². The van der Waals surface area contributed by atoms with Crippen molar-refractivity contribution >= 4 is 21.2 Å². The number of rotatable bonds is 7. The van der Waals surface area contributed by atoms with Crippen molar-refractivity contribution < 1.29 is 13.3 Å². The van der Waals surface area contributed by atoms with Crippen molar-refractivity contribution in [3.8, 4) is 0 Å². The number of anilines is 1. The van der Waals surface area contributed by atoms with Crippen LogP contribution in [0.1, 0.15) is 33.1 Å². The Kier molecular flexibility index (Phi) is 5.50. The number of para-hydroxylation sites is 1. The van der Waals surface area contributed by atoms with Gasteiger partial charge in [-0.25, -0.2) is 8.42 Å². The van der Waals surface area contributed by atoms with E-state index in [1.165, 1.54) is 12.1 Å². The molecule has 112 valence electrons. The lowest BCUT2D eigenvalue weighted by Gasteiger charge is -2.18. The molecular formula is C13H20N2O4S. The Labute approximate surface area is 119 Å². The summed E-state index contributed by atoms with van der Waals surface area (Å²) < 4.78 is 23.3. The molecule has 0 radical (unpaired) electrons. The summed E-state index contributed by atoms with van der Waals surface area (Å²) in [6.07, 6.45) is 3.61. The Morgan fingerprint density at radius 2 is 2.00 bits per heavy atom. The second kappa shape index (κ2) is 6.69. The molecule has 1 aromatic carbocycles. The Balaban J connectivity index is 3.30. The molecule has 1 rings (SSSR count). The van der Waals surface area contributed by atoms with E-state index < -0.39 is 14.8 Å². The normalized spacial score (nSPS) is 12.9. The van der Waals surface area contributed by atoms with Gasteiger partial charge in [-0.2, -0.15) is 0 Å². The summed E-state index contributed by atoms with van der Waals surface area (Å²) >= 11 is 0. The molecule has 0 saturated heterocycles. The monoisotopic (exact) mass is 300 g/mol. The van der Waals surface area contributed by atoms with Gasteiger partial charge in [-0.15, -0.1) is 0 Å². The second-order valence-corrected chi connectivity index (χ2v) is 6.70. The summed E-state index contributed by atoms with van der Waals surface area (Å²) in [6.45, 7) is 4.02. The zero-order valence-corrected chi connectivity index (χ0v) is 12.7. The van der Waals surface area contributed by atoms with Crippen molar-refractivity contribution in [1.82, 2.24) is 0 Å². The van der Waals surface area contributed by atoms with E-state index in [1.54, 1.807) is 6.07 Å². The number of nitro groups is 1. The van der Waals surface area contributed by atoms with E-state index in [2.05, 4.69) is 5.32 Å². The first-order valence-electron chi connectivity index (χ1n) is 6.55. The first-order valence-corrected chi connectivity index (χ1v) is 8.44. The lowest BCUT2D eigenvalue weighted by molar-refractivity contribution is -0.386. The van der Waals surface area contributed by atoms with E-state index in [-0.39, 0.29) is 22.3 Å². The van der Waals surface area contributed by atoms with Crippen molar-refractivity contribution in [3.63, 3.8) is 0 Å². The minimum Gasteiger partial charge on any atom is -0.377 e. The zero-order valence-electron chi connectivity index (χ0n) is 11.9. The highest BCUT2D eigenvalue weighted by Gasteiger charge is 2.26. The Hall–Kier alpha value is -1.63. The maximum absolute atomic E-state index is 11.7. The topological polar surface area (TPSA) is 89.3 Å². The highest BCUT2D eigenvalue weighted by molar-refractivity contribution is 7.90. The van der Waals surface area contributed by atoms with Crippen molar-refractivity contribution in [1.29, 1.82) is 0 Å². The number of sulfone groups is 1. The minimum atomic E-state index is -3.64. The third kappa shape index (κ3) is 3.93. The Morgan fingerprint density at radius 1 is 1.35 bits per heavy atom. The van der Waals surface area contributed by atoms with Crippen molar-refractivity contribution in [3.05, 3.63) is 28.3 Å². The largest absolute Gasteiger partial charge is 0.377 e. The minimum absolute atomic E-state index is 0.0912. The molecule has 0 bridgehead atoms. The first-order chi connectivity index (χ1) is 9.31. The molecule has 0 heterocycles. The molecule has 0 amide bonds. The van der Waals surface area contributed by atoms with E-state index in [1.807, 2.05) is 13.8 Å². The van der Waals surface area contributed by atoms with E-state index in [0.29, 0.717) is 0 Å². The van der Waals surface area contributed by atoms with E-state index in [4.69, 9.17) is 0 Å². The molecule has 20 heavy (non-hydrogen) atoms. The zero-order chi connectivity index (χ0) is 15.3. The number of hydrogen-bond donors (Lipinski definition) is 1. The highest BCUT2D eigenvalue weighted by atomic mass is 32.2. The number of benzene rings is 1. The molecule has 1 N–H and O–H groups in total. The van der Waals surface area contributed by atoms with Crippen molar-refractivity contribution in [2.24, 2.45) is 0 Å². The molecule has 0 spiro atoms. The van der Waals surface area contributed by atoms with Gasteiger partial charge in [0.15, 0.2) is 9.84 Å². The van der Waals surface area contributed by atoms with Crippen LogP contribution in [0.3, 0.4) is 0 Å². The predicted molar refractivity (Wildman–Crippen MR) is 78.8 cm³/mol. The number of nitrogens with zero attached hydrogens (tertiary/aromatic N) is 1. The molecule has 0 aliphatic rings. The Bertz CT molecular complexity index is 584. The molecule has 0 fully saturated rings. The lowest BCUT2D eigenvalue weighted by atomic mass is 10.1. The van der Waals surface area contributed by atoms with Crippen LogP contribution in [0, 0.1) is 10.1 Å².